The fourth-order valence-corrected chi connectivity index (χ4v) is 4.12. The molecule has 3 rings (SSSR count). The van der Waals surface area contributed by atoms with E-state index in [4.69, 9.17) is 0 Å². The van der Waals surface area contributed by atoms with Gasteiger partial charge >= 0.3 is 0 Å². The van der Waals surface area contributed by atoms with Gasteiger partial charge in [0.25, 0.3) is 0 Å². The molecule has 2 aliphatic carbocycles. The Balaban J connectivity index is 1.69. The number of hydrogen-bond donors (Lipinski definition) is 1. The Labute approximate surface area is 123 Å². The summed E-state index contributed by atoms with van der Waals surface area (Å²) in [6.45, 7) is 7.88. The lowest BCUT2D eigenvalue weighted by molar-refractivity contribution is -0.131. The van der Waals surface area contributed by atoms with E-state index in [9.17, 15) is 4.79 Å². The third-order valence-electron chi connectivity index (χ3n) is 5.65. The van der Waals surface area contributed by atoms with Crippen molar-refractivity contribution in [1.82, 2.24) is 10.2 Å². The largest absolute Gasteiger partial charge is 0.325 e. The van der Waals surface area contributed by atoms with Crippen molar-refractivity contribution in [3.05, 3.63) is 0 Å². The van der Waals surface area contributed by atoms with Crippen LogP contribution in [0.4, 0.5) is 0 Å². The van der Waals surface area contributed by atoms with Crippen molar-refractivity contribution in [2.45, 2.75) is 77.4 Å². The zero-order valence-corrected chi connectivity index (χ0v) is 13.3. The van der Waals surface area contributed by atoms with Gasteiger partial charge in [-0.05, 0) is 43.4 Å². The summed E-state index contributed by atoms with van der Waals surface area (Å²) in [5.74, 6) is 2.55. The molecule has 0 aromatic carbocycles. The molecular weight excluding hydrogens is 248 g/mol. The molecule has 0 radical (unpaired) electrons. The monoisotopic (exact) mass is 278 g/mol. The molecule has 0 aromatic rings. The van der Waals surface area contributed by atoms with Gasteiger partial charge in [0, 0.05) is 6.54 Å². The minimum atomic E-state index is -0.141. The van der Waals surface area contributed by atoms with E-state index in [1.807, 2.05) is 0 Å². The van der Waals surface area contributed by atoms with Crippen molar-refractivity contribution in [3.63, 3.8) is 0 Å². The Morgan fingerprint density at radius 1 is 1.30 bits per heavy atom. The molecule has 3 nitrogen and oxygen atoms in total. The molecule has 0 bridgehead atoms. The van der Waals surface area contributed by atoms with Crippen molar-refractivity contribution in [3.8, 4) is 0 Å². The summed E-state index contributed by atoms with van der Waals surface area (Å²) in [5, 5.41) is 3.65. The molecule has 3 heteroatoms. The number of nitrogens with zero attached hydrogens (tertiary/aromatic N) is 1. The van der Waals surface area contributed by atoms with E-state index in [1.165, 1.54) is 25.7 Å². The standard InChI is InChI=1S/C17H30N2O/c1-12(2)10-15-18-17(8-9-17)16(20)19(15)11-14-7-5-4-6-13(14)3/h12-15,18H,4-11H2,1-3H3. The number of hydrogen-bond acceptors (Lipinski definition) is 2. The molecule has 3 unspecified atom stereocenters. The first kappa shape index (κ1) is 14.4. The lowest BCUT2D eigenvalue weighted by atomic mass is 9.80. The summed E-state index contributed by atoms with van der Waals surface area (Å²) in [7, 11) is 0. The van der Waals surface area contributed by atoms with Crippen LogP contribution in [0, 0.1) is 17.8 Å². The maximum absolute atomic E-state index is 12.7. The van der Waals surface area contributed by atoms with E-state index < -0.39 is 0 Å². The van der Waals surface area contributed by atoms with Gasteiger partial charge in [0.15, 0.2) is 0 Å². The number of carbonyl (C=O) groups is 1. The van der Waals surface area contributed by atoms with Crippen LogP contribution in [0.25, 0.3) is 0 Å². The van der Waals surface area contributed by atoms with E-state index in [0.717, 1.165) is 37.6 Å². The van der Waals surface area contributed by atoms with E-state index in [0.29, 0.717) is 18.0 Å². The van der Waals surface area contributed by atoms with Crippen LogP contribution in [0.1, 0.15) is 65.7 Å². The molecule has 3 fully saturated rings. The van der Waals surface area contributed by atoms with Crippen LogP contribution in [0.15, 0.2) is 0 Å². The molecule has 1 saturated heterocycles. The van der Waals surface area contributed by atoms with E-state index in [2.05, 4.69) is 31.0 Å². The van der Waals surface area contributed by atoms with Gasteiger partial charge in [-0.25, -0.2) is 0 Å². The normalized spacial score (nSPS) is 36.1. The molecule has 1 amide bonds. The smallest absolute Gasteiger partial charge is 0.244 e. The molecular formula is C17H30N2O. The highest BCUT2D eigenvalue weighted by Crippen LogP contribution is 2.44. The molecule has 3 atom stereocenters. The summed E-state index contributed by atoms with van der Waals surface area (Å²) < 4.78 is 0. The van der Waals surface area contributed by atoms with Gasteiger partial charge in [-0.15, -0.1) is 0 Å². The summed E-state index contributed by atoms with van der Waals surface area (Å²) in [6.07, 6.45) is 8.88. The minimum absolute atomic E-state index is 0.141. The van der Waals surface area contributed by atoms with Gasteiger partial charge in [0.2, 0.25) is 5.91 Å². The molecule has 20 heavy (non-hydrogen) atoms. The maximum atomic E-state index is 12.7. The van der Waals surface area contributed by atoms with Crippen LogP contribution >= 0.6 is 0 Å². The first-order chi connectivity index (χ1) is 9.52. The van der Waals surface area contributed by atoms with Gasteiger partial charge in [-0.2, -0.15) is 0 Å². The zero-order chi connectivity index (χ0) is 14.3. The molecule has 1 N–H and O–H groups in total. The van der Waals surface area contributed by atoms with Crippen LogP contribution in [-0.4, -0.2) is 29.1 Å². The first-order valence-corrected chi connectivity index (χ1v) is 8.60. The maximum Gasteiger partial charge on any atom is 0.244 e. The fourth-order valence-electron chi connectivity index (χ4n) is 4.12. The van der Waals surface area contributed by atoms with Crippen molar-refractivity contribution < 1.29 is 4.79 Å². The van der Waals surface area contributed by atoms with Crippen LogP contribution in [0.2, 0.25) is 0 Å². The number of rotatable bonds is 4. The van der Waals surface area contributed by atoms with E-state index in [1.54, 1.807) is 0 Å². The van der Waals surface area contributed by atoms with Crippen molar-refractivity contribution in [1.29, 1.82) is 0 Å². The fraction of sp³-hybridized carbons (Fsp3) is 0.941. The van der Waals surface area contributed by atoms with Crippen LogP contribution < -0.4 is 5.32 Å². The summed E-state index contributed by atoms with van der Waals surface area (Å²) >= 11 is 0. The van der Waals surface area contributed by atoms with E-state index >= 15 is 0 Å². The summed E-state index contributed by atoms with van der Waals surface area (Å²) in [5.41, 5.74) is -0.141. The number of nitrogens with one attached hydrogen (secondary N) is 1. The molecule has 1 aliphatic heterocycles. The first-order valence-electron chi connectivity index (χ1n) is 8.60. The lowest BCUT2D eigenvalue weighted by Gasteiger charge is -2.35. The number of amides is 1. The number of carbonyl (C=O) groups excluding carboxylic acids is 1. The zero-order valence-electron chi connectivity index (χ0n) is 13.3. The van der Waals surface area contributed by atoms with Crippen molar-refractivity contribution in [2.75, 3.05) is 6.54 Å². The minimum Gasteiger partial charge on any atom is -0.325 e. The Morgan fingerprint density at radius 3 is 2.60 bits per heavy atom. The Morgan fingerprint density at radius 2 is 2.00 bits per heavy atom. The molecule has 114 valence electrons. The quantitative estimate of drug-likeness (QED) is 0.857. The lowest BCUT2D eigenvalue weighted by Crippen LogP contribution is -2.42. The van der Waals surface area contributed by atoms with Crippen LogP contribution in [-0.2, 0) is 4.79 Å². The van der Waals surface area contributed by atoms with Gasteiger partial charge in [-0.3, -0.25) is 10.1 Å². The summed E-state index contributed by atoms with van der Waals surface area (Å²) in [4.78, 5) is 14.9. The predicted molar refractivity (Wildman–Crippen MR) is 81.2 cm³/mol. The third kappa shape index (κ3) is 2.61. The Hall–Kier alpha value is -0.570. The summed E-state index contributed by atoms with van der Waals surface area (Å²) in [6, 6.07) is 0. The van der Waals surface area contributed by atoms with E-state index in [-0.39, 0.29) is 5.54 Å². The van der Waals surface area contributed by atoms with Gasteiger partial charge < -0.3 is 4.90 Å². The van der Waals surface area contributed by atoms with Crippen molar-refractivity contribution >= 4 is 5.91 Å². The topological polar surface area (TPSA) is 32.3 Å². The average Bonchev–Trinajstić information content (AvgIpc) is 3.12. The molecule has 1 heterocycles. The average molecular weight is 278 g/mol. The Bertz CT molecular complexity index is 375. The highest BCUT2D eigenvalue weighted by Gasteiger charge is 2.59. The second-order valence-corrected chi connectivity index (χ2v) is 7.85. The van der Waals surface area contributed by atoms with Crippen LogP contribution in [0.5, 0.6) is 0 Å². The highest BCUT2D eigenvalue weighted by molar-refractivity contribution is 5.91. The SMILES string of the molecule is CC(C)CC1NC2(CC2)C(=O)N1CC1CCCCC1C. The second-order valence-electron chi connectivity index (χ2n) is 7.85. The third-order valence-corrected chi connectivity index (χ3v) is 5.65. The molecule has 2 saturated carbocycles. The van der Waals surface area contributed by atoms with Gasteiger partial charge in [0.05, 0.1) is 11.7 Å². The van der Waals surface area contributed by atoms with Gasteiger partial charge in [0.1, 0.15) is 0 Å². The second kappa shape index (κ2) is 5.32. The predicted octanol–water partition coefficient (Wildman–Crippen LogP) is 3.15. The van der Waals surface area contributed by atoms with Crippen molar-refractivity contribution in [2.24, 2.45) is 17.8 Å². The molecule has 3 aliphatic rings. The molecule has 1 spiro atoms. The van der Waals surface area contributed by atoms with Gasteiger partial charge in [-0.1, -0.05) is 40.0 Å². The van der Waals surface area contributed by atoms with Crippen LogP contribution in [0.3, 0.4) is 0 Å². The molecule has 0 aromatic heterocycles. The highest BCUT2D eigenvalue weighted by atomic mass is 16.2. The Kier molecular flexibility index (Phi) is 3.83.